The van der Waals surface area contributed by atoms with Crippen molar-refractivity contribution in [2.75, 3.05) is 6.54 Å². The molecule has 0 aromatic heterocycles. The molecule has 1 aliphatic heterocycles. The van der Waals surface area contributed by atoms with Gasteiger partial charge in [-0.2, -0.15) is 0 Å². The lowest BCUT2D eigenvalue weighted by molar-refractivity contribution is -0.135. The van der Waals surface area contributed by atoms with Gasteiger partial charge in [0.2, 0.25) is 5.91 Å². The first-order valence-electron chi connectivity index (χ1n) is 11.9. The van der Waals surface area contributed by atoms with Crippen LogP contribution in [0.3, 0.4) is 0 Å². The van der Waals surface area contributed by atoms with E-state index in [2.05, 4.69) is 10.6 Å². The second-order valence-electron chi connectivity index (χ2n) is 9.25. The molecule has 0 aliphatic carbocycles. The van der Waals surface area contributed by atoms with Gasteiger partial charge in [-0.25, -0.2) is 4.79 Å². The van der Waals surface area contributed by atoms with Gasteiger partial charge in [0.05, 0.1) is 6.04 Å². The first-order chi connectivity index (χ1) is 17.4. The van der Waals surface area contributed by atoms with Gasteiger partial charge < -0.3 is 10.6 Å². The molecule has 5 rings (SSSR count). The highest BCUT2D eigenvalue weighted by Crippen LogP contribution is 2.33. The fourth-order valence-corrected chi connectivity index (χ4v) is 4.79. The first kappa shape index (κ1) is 23.3. The van der Waals surface area contributed by atoms with Crippen LogP contribution in [0.5, 0.6) is 0 Å². The molecule has 0 radical (unpaired) electrons. The Bertz CT molecular complexity index is 1440. The van der Waals surface area contributed by atoms with E-state index in [1.54, 1.807) is 6.92 Å². The number of rotatable bonds is 6. The van der Waals surface area contributed by atoms with Crippen molar-refractivity contribution in [2.24, 2.45) is 0 Å². The molecule has 0 saturated carbocycles. The maximum absolute atomic E-state index is 13.4. The summed E-state index contributed by atoms with van der Waals surface area (Å²) in [5.74, 6) is -0.848. The summed E-state index contributed by atoms with van der Waals surface area (Å²) in [6, 6.07) is 30.5. The molecule has 1 heterocycles. The van der Waals surface area contributed by atoms with Gasteiger partial charge >= 0.3 is 6.03 Å². The third-order valence-electron chi connectivity index (χ3n) is 6.80. The van der Waals surface area contributed by atoms with Crippen molar-refractivity contribution in [1.82, 2.24) is 15.5 Å². The minimum Gasteiger partial charge on any atom is -0.348 e. The number of imide groups is 1. The molecule has 4 aromatic rings. The maximum Gasteiger partial charge on any atom is 0.325 e. The average Bonchev–Trinajstić information content (AvgIpc) is 3.12. The highest BCUT2D eigenvalue weighted by Gasteiger charge is 2.50. The average molecular weight is 478 g/mol. The molecule has 36 heavy (non-hydrogen) atoms. The van der Waals surface area contributed by atoms with E-state index in [4.69, 9.17) is 0 Å². The number of urea groups is 1. The van der Waals surface area contributed by atoms with Crippen molar-refractivity contribution >= 4 is 28.6 Å². The molecule has 6 nitrogen and oxygen atoms in total. The predicted octanol–water partition coefficient (Wildman–Crippen LogP) is 5.15. The van der Waals surface area contributed by atoms with Crippen LogP contribution in [0.15, 0.2) is 97.1 Å². The van der Waals surface area contributed by atoms with Gasteiger partial charge in [0.15, 0.2) is 0 Å². The van der Waals surface area contributed by atoms with Gasteiger partial charge in [-0.3, -0.25) is 14.5 Å². The molecule has 2 atom stereocenters. The van der Waals surface area contributed by atoms with Crippen LogP contribution in [0, 0.1) is 0 Å². The molecule has 1 saturated heterocycles. The van der Waals surface area contributed by atoms with E-state index >= 15 is 0 Å². The Morgan fingerprint density at radius 2 is 1.50 bits per heavy atom. The summed E-state index contributed by atoms with van der Waals surface area (Å²) >= 11 is 0. The van der Waals surface area contributed by atoms with Crippen molar-refractivity contribution in [3.05, 3.63) is 108 Å². The van der Waals surface area contributed by atoms with Gasteiger partial charge in [-0.1, -0.05) is 97.1 Å². The molecular weight excluding hydrogens is 450 g/mol. The molecule has 180 valence electrons. The maximum atomic E-state index is 13.4. The predicted molar refractivity (Wildman–Crippen MR) is 140 cm³/mol. The van der Waals surface area contributed by atoms with Crippen molar-refractivity contribution < 1.29 is 14.4 Å². The van der Waals surface area contributed by atoms with Crippen molar-refractivity contribution in [1.29, 1.82) is 0 Å². The summed E-state index contributed by atoms with van der Waals surface area (Å²) in [6.07, 6.45) is 0. The number of amides is 4. The van der Waals surface area contributed by atoms with E-state index in [0.717, 1.165) is 32.4 Å². The highest BCUT2D eigenvalue weighted by molar-refractivity contribution is 6.10. The first-order valence-corrected chi connectivity index (χ1v) is 11.9. The summed E-state index contributed by atoms with van der Waals surface area (Å²) in [6.45, 7) is 3.21. The van der Waals surface area contributed by atoms with Crippen LogP contribution in [0.2, 0.25) is 0 Å². The van der Waals surface area contributed by atoms with Crippen LogP contribution in [-0.2, 0) is 15.1 Å². The standard InChI is InChI=1S/C30H27N3O3/c1-20(21-15-17-23(18-16-21)22-9-4-3-5-10-22)31-27(34)19-33-28(35)30(2,32-29(33)36)26-14-8-12-24-11-6-7-13-25(24)26/h3-18,20H,19H2,1-2H3,(H,31,34)(H,32,36). The van der Waals surface area contributed by atoms with Gasteiger partial charge in [0, 0.05) is 0 Å². The molecule has 6 heteroatoms. The Labute approximate surface area is 209 Å². The quantitative estimate of drug-likeness (QED) is 0.377. The topological polar surface area (TPSA) is 78.5 Å². The second-order valence-corrected chi connectivity index (χ2v) is 9.25. The lowest BCUT2D eigenvalue weighted by atomic mass is 9.88. The van der Waals surface area contributed by atoms with E-state index in [-0.39, 0.29) is 12.6 Å². The Morgan fingerprint density at radius 1 is 0.861 bits per heavy atom. The molecule has 4 aromatic carbocycles. The van der Waals surface area contributed by atoms with E-state index in [9.17, 15) is 14.4 Å². The van der Waals surface area contributed by atoms with Gasteiger partial charge in [-0.15, -0.1) is 0 Å². The summed E-state index contributed by atoms with van der Waals surface area (Å²) in [5.41, 5.74) is 2.59. The Kier molecular flexibility index (Phi) is 6.02. The lowest BCUT2D eigenvalue weighted by Crippen LogP contribution is -2.43. The number of benzene rings is 4. The molecular formula is C30H27N3O3. The van der Waals surface area contributed by atoms with Gasteiger partial charge in [-0.05, 0) is 46.9 Å². The van der Waals surface area contributed by atoms with Crippen molar-refractivity contribution in [3.63, 3.8) is 0 Å². The zero-order valence-corrected chi connectivity index (χ0v) is 20.2. The molecule has 0 bridgehead atoms. The monoisotopic (exact) mass is 477 g/mol. The molecule has 0 spiro atoms. The second kappa shape index (κ2) is 9.30. The van der Waals surface area contributed by atoms with Gasteiger partial charge in [0.25, 0.3) is 5.91 Å². The molecule has 1 aliphatic rings. The van der Waals surface area contributed by atoms with Crippen LogP contribution in [0.25, 0.3) is 21.9 Å². The number of hydrogen-bond acceptors (Lipinski definition) is 3. The summed E-state index contributed by atoms with van der Waals surface area (Å²) in [5, 5.41) is 7.57. The SMILES string of the molecule is CC(NC(=O)CN1C(=O)NC(C)(c2cccc3ccccc23)C1=O)c1ccc(-c2ccccc2)cc1. The molecule has 2 N–H and O–H groups in total. The summed E-state index contributed by atoms with van der Waals surface area (Å²) in [7, 11) is 0. The fourth-order valence-electron chi connectivity index (χ4n) is 4.79. The third-order valence-corrected chi connectivity index (χ3v) is 6.80. The Morgan fingerprint density at radius 3 is 2.25 bits per heavy atom. The zero-order valence-electron chi connectivity index (χ0n) is 20.2. The van der Waals surface area contributed by atoms with E-state index in [1.165, 1.54) is 0 Å². The number of nitrogens with one attached hydrogen (secondary N) is 2. The van der Waals surface area contributed by atoms with Crippen LogP contribution < -0.4 is 10.6 Å². The summed E-state index contributed by atoms with van der Waals surface area (Å²) in [4.78, 5) is 40.0. The van der Waals surface area contributed by atoms with Gasteiger partial charge in [0.1, 0.15) is 12.1 Å². The zero-order chi connectivity index (χ0) is 25.3. The normalized spacial score (nSPS) is 18.2. The van der Waals surface area contributed by atoms with E-state index < -0.39 is 23.4 Å². The van der Waals surface area contributed by atoms with Crippen LogP contribution in [-0.4, -0.2) is 29.3 Å². The van der Waals surface area contributed by atoms with Crippen molar-refractivity contribution in [3.8, 4) is 11.1 Å². The molecule has 4 amide bonds. The molecule has 2 unspecified atom stereocenters. The number of carbonyl (C=O) groups is 3. The van der Waals surface area contributed by atoms with Crippen LogP contribution in [0.4, 0.5) is 4.79 Å². The minimum absolute atomic E-state index is 0.285. The number of hydrogen-bond donors (Lipinski definition) is 2. The Hall–Kier alpha value is -4.45. The summed E-state index contributed by atoms with van der Waals surface area (Å²) < 4.78 is 0. The highest BCUT2D eigenvalue weighted by atomic mass is 16.2. The molecule has 1 fully saturated rings. The Balaban J connectivity index is 1.28. The number of fused-ring (bicyclic) bond motifs is 1. The fraction of sp³-hybridized carbons (Fsp3) is 0.167. The largest absolute Gasteiger partial charge is 0.348 e. The number of carbonyl (C=O) groups excluding carboxylic acids is 3. The smallest absolute Gasteiger partial charge is 0.325 e. The third kappa shape index (κ3) is 4.22. The van der Waals surface area contributed by atoms with Crippen LogP contribution >= 0.6 is 0 Å². The van der Waals surface area contributed by atoms with Crippen molar-refractivity contribution in [2.45, 2.75) is 25.4 Å². The van der Waals surface area contributed by atoms with E-state index in [0.29, 0.717) is 5.56 Å². The minimum atomic E-state index is -1.25. The van der Waals surface area contributed by atoms with E-state index in [1.807, 2.05) is 104 Å². The van der Waals surface area contributed by atoms with Crippen LogP contribution in [0.1, 0.15) is 31.0 Å². The lowest BCUT2D eigenvalue weighted by Gasteiger charge is -2.24. The number of nitrogens with zero attached hydrogens (tertiary/aromatic N) is 1.